The van der Waals surface area contributed by atoms with E-state index in [0.29, 0.717) is 31.3 Å². The van der Waals surface area contributed by atoms with E-state index < -0.39 is 0 Å². The van der Waals surface area contributed by atoms with E-state index in [0.717, 1.165) is 5.52 Å². The third kappa shape index (κ3) is 2.72. The number of aromatic nitrogens is 1. The molecule has 2 heterocycles. The Morgan fingerprint density at radius 2 is 1.83 bits per heavy atom. The lowest BCUT2D eigenvalue weighted by molar-refractivity contribution is -0.123. The summed E-state index contributed by atoms with van der Waals surface area (Å²) in [4.78, 5) is 38.1. The van der Waals surface area contributed by atoms with Crippen LogP contribution >= 0.6 is 0 Å². The first-order chi connectivity index (χ1) is 11.0. The van der Waals surface area contributed by atoms with Crippen LogP contribution in [0.4, 0.5) is 0 Å². The molecule has 0 unspecified atom stereocenters. The summed E-state index contributed by atoms with van der Waals surface area (Å²) in [5.41, 5.74) is 6.02. The molecule has 120 valence electrons. The number of aryl methyl sites for hydroxylation is 1. The number of carbonyl (C=O) groups excluding carboxylic acids is 2. The monoisotopic (exact) mass is 313 g/mol. The number of rotatable bonds is 2. The summed E-state index contributed by atoms with van der Waals surface area (Å²) in [7, 11) is 1.82. The Hall–Kier alpha value is -2.63. The van der Waals surface area contributed by atoms with Crippen molar-refractivity contribution >= 4 is 22.7 Å². The minimum absolute atomic E-state index is 0.170. The van der Waals surface area contributed by atoms with Gasteiger partial charge in [0, 0.05) is 37.6 Å². The van der Waals surface area contributed by atoms with Crippen molar-refractivity contribution in [3.05, 3.63) is 46.2 Å². The molecule has 1 aromatic carbocycles. The van der Waals surface area contributed by atoms with E-state index in [1.54, 1.807) is 27.8 Å². The third-order valence-electron chi connectivity index (χ3n) is 4.51. The van der Waals surface area contributed by atoms with E-state index in [9.17, 15) is 14.4 Å². The second-order valence-electron chi connectivity index (χ2n) is 5.97. The number of hydrogen-bond acceptors (Lipinski definition) is 3. The van der Waals surface area contributed by atoms with Crippen LogP contribution in [0.5, 0.6) is 0 Å². The van der Waals surface area contributed by atoms with Crippen LogP contribution in [-0.4, -0.2) is 34.4 Å². The maximum Gasteiger partial charge on any atom is 0.259 e. The fourth-order valence-corrected chi connectivity index (χ4v) is 3.13. The van der Waals surface area contributed by atoms with Gasteiger partial charge in [0.15, 0.2) is 0 Å². The summed E-state index contributed by atoms with van der Waals surface area (Å²) in [6, 6.07) is 7.23. The number of para-hydroxylation sites is 1. The normalized spacial score (nSPS) is 15.8. The largest absolute Gasteiger partial charge is 0.369 e. The van der Waals surface area contributed by atoms with Gasteiger partial charge in [0.2, 0.25) is 11.3 Å². The number of fused-ring (bicyclic) bond motifs is 1. The molecule has 0 saturated carbocycles. The second-order valence-corrected chi connectivity index (χ2v) is 5.97. The molecule has 6 heteroatoms. The molecule has 2 aromatic rings. The summed E-state index contributed by atoms with van der Waals surface area (Å²) in [6.45, 7) is 0.894. The Labute approximate surface area is 133 Å². The van der Waals surface area contributed by atoms with Gasteiger partial charge in [-0.05, 0) is 25.0 Å². The first kappa shape index (κ1) is 15.3. The minimum atomic E-state index is -0.321. The molecule has 1 aliphatic rings. The molecule has 3 rings (SSSR count). The van der Waals surface area contributed by atoms with Gasteiger partial charge in [0.05, 0.1) is 5.52 Å². The predicted molar refractivity (Wildman–Crippen MR) is 87.0 cm³/mol. The average molecular weight is 313 g/mol. The third-order valence-corrected chi connectivity index (χ3v) is 4.51. The second kappa shape index (κ2) is 5.87. The molecule has 6 nitrogen and oxygen atoms in total. The quantitative estimate of drug-likeness (QED) is 0.893. The summed E-state index contributed by atoms with van der Waals surface area (Å²) in [5.74, 6) is -0.781. The number of likely N-dealkylation sites (tertiary alicyclic amines) is 1. The highest BCUT2D eigenvalue weighted by Gasteiger charge is 2.28. The van der Waals surface area contributed by atoms with Crippen molar-refractivity contribution in [2.75, 3.05) is 13.1 Å². The Balaban J connectivity index is 1.92. The average Bonchev–Trinajstić information content (AvgIpc) is 2.57. The van der Waals surface area contributed by atoms with Crippen molar-refractivity contribution in [1.82, 2.24) is 9.47 Å². The molecule has 0 bridgehead atoms. The Morgan fingerprint density at radius 3 is 2.48 bits per heavy atom. The highest BCUT2D eigenvalue weighted by atomic mass is 16.2. The molecule has 0 spiro atoms. The maximum absolute atomic E-state index is 12.7. The van der Waals surface area contributed by atoms with Crippen LogP contribution in [0, 0.1) is 5.92 Å². The number of piperidine rings is 1. The maximum atomic E-state index is 12.7. The van der Waals surface area contributed by atoms with Crippen molar-refractivity contribution < 1.29 is 9.59 Å². The van der Waals surface area contributed by atoms with E-state index in [2.05, 4.69) is 0 Å². The number of hydrogen-bond donors (Lipinski definition) is 1. The molecule has 1 fully saturated rings. The van der Waals surface area contributed by atoms with Gasteiger partial charge in [0.1, 0.15) is 5.56 Å². The van der Waals surface area contributed by atoms with E-state index >= 15 is 0 Å². The van der Waals surface area contributed by atoms with Gasteiger partial charge in [-0.3, -0.25) is 14.4 Å². The first-order valence-corrected chi connectivity index (χ1v) is 7.66. The zero-order chi connectivity index (χ0) is 16.6. The molecular formula is C17H19N3O3. The van der Waals surface area contributed by atoms with Crippen LogP contribution in [0.25, 0.3) is 10.9 Å². The van der Waals surface area contributed by atoms with E-state index in [4.69, 9.17) is 5.73 Å². The van der Waals surface area contributed by atoms with Crippen molar-refractivity contribution in [2.24, 2.45) is 18.7 Å². The van der Waals surface area contributed by atoms with Crippen LogP contribution in [0.3, 0.4) is 0 Å². The zero-order valence-corrected chi connectivity index (χ0v) is 13.0. The molecule has 2 amide bonds. The number of nitrogens with two attached hydrogens (primary N) is 1. The highest BCUT2D eigenvalue weighted by Crippen LogP contribution is 2.19. The SMILES string of the molecule is Cn1cc(C(=O)N2CCC(C(N)=O)CC2)c(=O)c2ccccc21. The number of benzene rings is 1. The molecule has 0 atom stereocenters. The number of nitrogens with zero attached hydrogens (tertiary/aromatic N) is 2. The van der Waals surface area contributed by atoms with Crippen molar-refractivity contribution in [1.29, 1.82) is 0 Å². The van der Waals surface area contributed by atoms with Gasteiger partial charge in [-0.25, -0.2) is 0 Å². The van der Waals surface area contributed by atoms with E-state index in [1.165, 1.54) is 0 Å². The lowest BCUT2D eigenvalue weighted by Crippen LogP contribution is -2.43. The Morgan fingerprint density at radius 1 is 1.17 bits per heavy atom. The van der Waals surface area contributed by atoms with Crippen LogP contribution in [-0.2, 0) is 11.8 Å². The predicted octanol–water partition coefficient (Wildman–Crippen LogP) is 0.876. The van der Waals surface area contributed by atoms with E-state index in [-0.39, 0.29) is 28.7 Å². The molecular weight excluding hydrogens is 294 g/mol. The van der Waals surface area contributed by atoms with Crippen molar-refractivity contribution in [2.45, 2.75) is 12.8 Å². The topological polar surface area (TPSA) is 85.4 Å². The van der Waals surface area contributed by atoms with Gasteiger partial charge >= 0.3 is 0 Å². The minimum Gasteiger partial charge on any atom is -0.369 e. The van der Waals surface area contributed by atoms with Crippen molar-refractivity contribution in [3.8, 4) is 0 Å². The van der Waals surface area contributed by atoms with Gasteiger partial charge in [-0.15, -0.1) is 0 Å². The lowest BCUT2D eigenvalue weighted by atomic mass is 9.96. The molecule has 23 heavy (non-hydrogen) atoms. The van der Waals surface area contributed by atoms with E-state index in [1.807, 2.05) is 19.2 Å². The Kier molecular flexibility index (Phi) is 3.90. The van der Waals surface area contributed by atoms with Crippen LogP contribution in [0.2, 0.25) is 0 Å². The standard InChI is InChI=1S/C17H19N3O3/c1-19-10-13(15(21)12-4-2-3-5-14(12)19)17(23)20-8-6-11(7-9-20)16(18)22/h2-5,10-11H,6-9H2,1H3,(H2,18,22). The molecule has 0 radical (unpaired) electrons. The van der Waals surface area contributed by atoms with Gasteiger partial charge < -0.3 is 15.2 Å². The molecule has 0 aliphatic carbocycles. The van der Waals surface area contributed by atoms with Gasteiger partial charge in [-0.1, -0.05) is 12.1 Å². The van der Waals surface area contributed by atoms with Crippen LogP contribution < -0.4 is 11.2 Å². The number of amides is 2. The lowest BCUT2D eigenvalue weighted by Gasteiger charge is -2.30. The molecule has 1 aliphatic heterocycles. The summed E-state index contributed by atoms with van der Waals surface area (Å²) in [6.07, 6.45) is 2.69. The Bertz CT molecular complexity index is 833. The smallest absolute Gasteiger partial charge is 0.259 e. The van der Waals surface area contributed by atoms with Crippen molar-refractivity contribution in [3.63, 3.8) is 0 Å². The molecule has 1 saturated heterocycles. The molecule has 1 aromatic heterocycles. The van der Waals surface area contributed by atoms with Gasteiger partial charge in [-0.2, -0.15) is 0 Å². The summed E-state index contributed by atoms with van der Waals surface area (Å²) < 4.78 is 1.79. The zero-order valence-electron chi connectivity index (χ0n) is 13.0. The number of pyridine rings is 1. The first-order valence-electron chi connectivity index (χ1n) is 7.66. The summed E-state index contributed by atoms with van der Waals surface area (Å²) in [5, 5.41) is 0.535. The summed E-state index contributed by atoms with van der Waals surface area (Å²) >= 11 is 0. The fourth-order valence-electron chi connectivity index (χ4n) is 3.13. The number of primary amides is 1. The van der Waals surface area contributed by atoms with Crippen LogP contribution in [0.1, 0.15) is 23.2 Å². The van der Waals surface area contributed by atoms with Crippen LogP contribution in [0.15, 0.2) is 35.3 Å². The van der Waals surface area contributed by atoms with Gasteiger partial charge in [0.25, 0.3) is 5.91 Å². The highest BCUT2D eigenvalue weighted by molar-refractivity contribution is 5.97. The molecule has 2 N–H and O–H groups in total. The number of carbonyl (C=O) groups is 2. The fraction of sp³-hybridized carbons (Fsp3) is 0.353.